The molecule has 0 spiro atoms. The Bertz CT molecular complexity index is 1260. The van der Waals surface area contributed by atoms with E-state index in [9.17, 15) is 18.0 Å². The Morgan fingerprint density at radius 2 is 1.67 bits per heavy atom. The Hall–Kier alpha value is -3.30. The largest absolute Gasteiger partial charge is 0.573 e. The number of hydrogen-bond donors (Lipinski definition) is 1. The third kappa shape index (κ3) is 5.42. The van der Waals surface area contributed by atoms with Crippen molar-refractivity contribution in [1.82, 2.24) is 9.55 Å². The van der Waals surface area contributed by atoms with Crippen LogP contribution in [0.4, 0.5) is 29.2 Å². The van der Waals surface area contributed by atoms with Gasteiger partial charge in [0, 0.05) is 11.7 Å². The van der Waals surface area contributed by atoms with Gasteiger partial charge in [-0.15, -0.1) is 13.2 Å². The van der Waals surface area contributed by atoms with Gasteiger partial charge in [0.1, 0.15) is 11.3 Å². The zero-order chi connectivity index (χ0) is 26.5. The zero-order valence-electron chi connectivity index (χ0n) is 20.8. The third-order valence-corrected chi connectivity index (χ3v) is 6.45. The highest BCUT2D eigenvalue weighted by Crippen LogP contribution is 2.51. The molecule has 2 aromatic carbocycles. The second-order valence-electron chi connectivity index (χ2n) is 10.9. The van der Waals surface area contributed by atoms with Gasteiger partial charge in [0.15, 0.2) is 5.82 Å². The van der Waals surface area contributed by atoms with Crippen LogP contribution in [0.5, 0.6) is 5.75 Å². The molecule has 0 amide bonds. The predicted octanol–water partition coefficient (Wildman–Crippen LogP) is 7.38. The van der Waals surface area contributed by atoms with Crippen LogP contribution in [0.1, 0.15) is 63.4 Å². The van der Waals surface area contributed by atoms with Crippen LogP contribution in [0.15, 0.2) is 36.4 Å². The summed E-state index contributed by atoms with van der Waals surface area (Å²) in [6.07, 6.45) is -2.14. The van der Waals surface area contributed by atoms with E-state index in [1.165, 1.54) is 37.4 Å². The number of anilines is 2. The van der Waals surface area contributed by atoms with E-state index in [0.717, 1.165) is 19.3 Å². The van der Waals surface area contributed by atoms with Crippen molar-refractivity contribution in [3.63, 3.8) is 0 Å². The summed E-state index contributed by atoms with van der Waals surface area (Å²) in [6, 6.07) is 8.22. The molecule has 3 aromatic rings. The lowest BCUT2D eigenvalue weighted by Gasteiger charge is -2.45. The molecule has 1 fully saturated rings. The first kappa shape index (κ1) is 25.8. The molecule has 1 aromatic heterocycles. The lowest BCUT2D eigenvalue weighted by Crippen LogP contribution is -2.35. The topological polar surface area (TPSA) is 65.4 Å². The molecule has 6 nitrogen and oxygen atoms in total. The van der Waals surface area contributed by atoms with Gasteiger partial charge in [-0.05, 0) is 66.5 Å². The smallest absolute Gasteiger partial charge is 0.465 e. The number of esters is 1. The van der Waals surface area contributed by atoms with Gasteiger partial charge in [-0.2, -0.15) is 0 Å². The van der Waals surface area contributed by atoms with Crippen LogP contribution in [0, 0.1) is 16.6 Å². The average molecular weight is 508 g/mol. The molecule has 1 aliphatic carbocycles. The number of imidazole rings is 1. The standard InChI is InChI=1S/C26H29F4N3O3/c1-24(2)12-16(13-25(3,4)14-24)33-19-11-10-18(22(34)35-5)20(27)21(19)32-23(33)31-15-6-8-17(9-7-15)36-26(28,29)30/h6-11,16H,12-14H2,1-5H3,(H,31,32). The maximum Gasteiger partial charge on any atom is 0.573 e. The highest BCUT2D eigenvalue weighted by molar-refractivity contribution is 5.95. The van der Waals surface area contributed by atoms with Gasteiger partial charge in [0.05, 0.1) is 18.2 Å². The first-order valence-electron chi connectivity index (χ1n) is 11.6. The first-order valence-corrected chi connectivity index (χ1v) is 11.6. The number of carbonyl (C=O) groups excluding carboxylic acids is 1. The summed E-state index contributed by atoms with van der Waals surface area (Å²) in [5.74, 6) is -1.62. The number of ether oxygens (including phenoxy) is 2. The van der Waals surface area contributed by atoms with Crippen LogP contribution in [0.3, 0.4) is 0 Å². The van der Waals surface area contributed by atoms with Crippen LogP contribution < -0.4 is 10.1 Å². The van der Waals surface area contributed by atoms with Crippen molar-refractivity contribution < 1.29 is 31.8 Å². The highest BCUT2D eigenvalue weighted by Gasteiger charge is 2.40. The molecule has 194 valence electrons. The number of alkyl halides is 3. The molecule has 0 bridgehead atoms. The molecule has 1 aliphatic rings. The van der Waals surface area contributed by atoms with Gasteiger partial charge >= 0.3 is 12.3 Å². The molecule has 0 atom stereocenters. The Balaban J connectivity index is 1.80. The van der Waals surface area contributed by atoms with E-state index in [2.05, 4.69) is 42.7 Å². The van der Waals surface area contributed by atoms with E-state index in [1.54, 1.807) is 6.07 Å². The van der Waals surface area contributed by atoms with Crippen molar-refractivity contribution in [2.75, 3.05) is 12.4 Å². The lowest BCUT2D eigenvalue weighted by molar-refractivity contribution is -0.274. The third-order valence-electron chi connectivity index (χ3n) is 6.45. The van der Waals surface area contributed by atoms with Crippen molar-refractivity contribution in [3.8, 4) is 5.75 Å². The molecule has 1 N–H and O–H groups in total. The Morgan fingerprint density at radius 3 is 2.22 bits per heavy atom. The van der Waals surface area contributed by atoms with E-state index >= 15 is 4.39 Å². The van der Waals surface area contributed by atoms with Crippen molar-refractivity contribution >= 4 is 28.6 Å². The van der Waals surface area contributed by atoms with Crippen LogP contribution in [0.25, 0.3) is 11.0 Å². The second kappa shape index (κ2) is 8.97. The van der Waals surface area contributed by atoms with E-state index in [-0.39, 0.29) is 33.7 Å². The molecule has 0 radical (unpaired) electrons. The summed E-state index contributed by atoms with van der Waals surface area (Å²) in [6.45, 7) is 8.79. The number of fused-ring (bicyclic) bond motifs is 1. The summed E-state index contributed by atoms with van der Waals surface area (Å²) in [5, 5.41) is 3.13. The molecular formula is C26H29F4N3O3. The van der Waals surface area contributed by atoms with Crippen molar-refractivity contribution in [3.05, 3.63) is 47.8 Å². The average Bonchev–Trinajstić information content (AvgIpc) is 3.10. The Kier molecular flexibility index (Phi) is 6.43. The normalized spacial score (nSPS) is 17.7. The summed E-state index contributed by atoms with van der Waals surface area (Å²) in [7, 11) is 1.18. The molecule has 4 rings (SSSR count). The molecular weight excluding hydrogens is 478 g/mol. The summed E-state index contributed by atoms with van der Waals surface area (Å²) in [5.41, 5.74) is 0.780. The predicted molar refractivity (Wildman–Crippen MR) is 128 cm³/mol. The van der Waals surface area contributed by atoms with Gasteiger partial charge in [-0.1, -0.05) is 27.7 Å². The Labute approximate surface area is 206 Å². The van der Waals surface area contributed by atoms with Crippen LogP contribution in [-0.4, -0.2) is 29.0 Å². The van der Waals surface area contributed by atoms with Gasteiger partial charge in [0.2, 0.25) is 5.95 Å². The molecule has 0 saturated heterocycles. The van der Waals surface area contributed by atoms with Crippen LogP contribution >= 0.6 is 0 Å². The summed E-state index contributed by atoms with van der Waals surface area (Å²) in [4.78, 5) is 16.6. The number of nitrogens with one attached hydrogen (secondary N) is 1. The number of halogens is 4. The first-order chi connectivity index (χ1) is 16.7. The molecule has 1 saturated carbocycles. The minimum atomic E-state index is -4.79. The molecule has 1 heterocycles. The summed E-state index contributed by atoms with van der Waals surface area (Å²) < 4.78 is 63.5. The fourth-order valence-electron chi connectivity index (χ4n) is 5.69. The number of nitrogens with zero attached hydrogens (tertiary/aromatic N) is 2. The van der Waals surface area contributed by atoms with E-state index in [0.29, 0.717) is 17.2 Å². The van der Waals surface area contributed by atoms with Crippen LogP contribution in [-0.2, 0) is 4.74 Å². The van der Waals surface area contributed by atoms with Gasteiger partial charge in [-0.25, -0.2) is 14.2 Å². The molecule has 0 unspecified atom stereocenters. The van der Waals surface area contributed by atoms with E-state index in [4.69, 9.17) is 4.74 Å². The molecule has 0 aliphatic heterocycles. The van der Waals surface area contributed by atoms with Crippen LogP contribution in [0.2, 0.25) is 0 Å². The fraction of sp³-hybridized carbons (Fsp3) is 0.462. The number of hydrogen-bond acceptors (Lipinski definition) is 5. The quantitative estimate of drug-likeness (QED) is 0.288. The van der Waals surface area contributed by atoms with Crippen molar-refractivity contribution in [1.29, 1.82) is 0 Å². The van der Waals surface area contributed by atoms with E-state index in [1.807, 2.05) is 4.57 Å². The van der Waals surface area contributed by atoms with E-state index < -0.39 is 18.1 Å². The maximum absolute atomic E-state index is 15.4. The number of aromatic nitrogens is 2. The minimum Gasteiger partial charge on any atom is -0.465 e. The number of methoxy groups -OCH3 is 1. The lowest BCUT2D eigenvalue weighted by atomic mass is 9.63. The fourth-order valence-corrected chi connectivity index (χ4v) is 5.69. The molecule has 10 heteroatoms. The monoisotopic (exact) mass is 507 g/mol. The summed E-state index contributed by atoms with van der Waals surface area (Å²) >= 11 is 0. The van der Waals surface area contributed by atoms with Gasteiger partial charge in [-0.3, -0.25) is 0 Å². The maximum atomic E-state index is 15.4. The minimum absolute atomic E-state index is 0.0126. The number of benzene rings is 2. The van der Waals surface area contributed by atoms with Gasteiger partial charge in [0.25, 0.3) is 0 Å². The van der Waals surface area contributed by atoms with Gasteiger partial charge < -0.3 is 19.4 Å². The number of carbonyl (C=O) groups is 1. The van der Waals surface area contributed by atoms with Crippen molar-refractivity contribution in [2.45, 2.75) is 59.4 Å². The Morgan fingerprint density at radius 1 is 1.06 bits per heavy atom. The highest BCUT2D eigenvalue weighted by atomic mass is 19.4. The number of rotatable bonds is 5. The second-order valence-corrected chi connectivity index (χ2v) is 10.9. The zero-order valence-corrected chi connectivity index (χ0v) is 20.8. The van der Waals surface area contributed by atoms with Crippen molar-refractivity contribution in [2.24, 2.45) is 10.8 Å². The molecule has 36 heavy (non-hydrogen) atoms. The SMILES string of the molecule is COC(=O)c1ccc2c(nc(Nc3ccc(OC(F)(F)F)cc3)n2C2CC(C)(C)CC(C)(C)C2)c1F.